The summed E-state index contributed by atoms with van der Waals surface area (Å²) in [6, 6.07) is 0.0822. The molecule has 0 aliphatic carbocycles. The Balaban J connectivity index is 0.00000162. The van der Waals surface area contributed by atoms with E-state index >= 15 is 0 Å². The van der Waals surface area contributed by atoms with Crippen molar-refractivity contribution in [2.75, 3.05) is 26.8 Å². The van der Waals surface area contributed by atoms with E-state index in [0.717, 1.165) is 18.9 Å². The van der Waals surface area contributed by atoms with Gasteiger partial charge >= 0.3 is 0 Å². The molecule has 110 valence electrons. The number of aryl methyl sites for hydroxylation is 1. The topological polar surface area (TPSA) is 68.2 Å². The molecule has 0 aromatic carbocycles. The van der Waals surface area contributed by atoms with Gasteiger partial charge in [-0.15, -0.1) is 24.8 Å². The summed E-state index contributed by atoms with van der Waals surface area (Å²) in [5.74, 6) is 1.13. The molecule has 2 atom stereocenters. The highest BCUT2D eigenvalue weighted by molar-refractivity contribution is 5.85. The van der Waals surface area contributed by atoms with Crippen molar-refractivity contribution in [3.05, 3.63) is 18.2 Å². The smallest absolute Gasteiger partial charge is 0.246 e. The van der Waals surface area contributed by atoms with Crippen molar-refractivity contribution in [3.63, 3.8) is 0 Å². The number of aromatic nitrogens is 2. The third-order valence-electron chi connectivity index (χ3n) is 3.03. The Morgan fingerprint density at radius 3 is 2.89 bits per heavy atom. The fraction of sp³-hybridized carbons (Fsp3) is 0.636. The Morgan fingerprint density at radius 1 is 1.58 bits per heavy atom. The molecular formula is C11H20Cl2N4O2. The number of nitrogens with one attached hydrogen (secondary N) is 2. The maximum Gasteiger partial charge on any atom is 0.246 e. The van der Waals surface area contributed by atoms with Crippen LogP contribution in [0, 0.1) is 0 Å². The van der Waals surface area contributed by atoms with Gasteiger partial charge in [0.1, 0.15) is 12.4 Å². The summed E-state index contributed by atoms with van der Waals surface area (Å²) in [6.07, 6.45) is 3.70. The molecule has 8 heteroatoms. The van der Waals surface area contributed by atoms with Crippen LogP contribution in [0.4, 0.5) is 0 Å². The van der Waals surface area contributed by atoms with Crippen LogP contribution >= 0.6 is 24.8 Å². The lowest BCUT2D eigenvalue weighted by molar-refractivity contribution is -0.125. The van der Waals surface area contributed by atoms with Gasteiger partial charge in [0, 0.05) is 39.6 Å². The minimum atomic E-state index is -0.0830. The molecule has 0 unspecified atom stereocenters. The second kappa shape index (κ2) is 8.37. The number of halogens is 2. The van der Waals surface area contributed by atoms with Crippen molar-refractivity contribution in [2.45, 2.75) is 12.0 Å². The average Bonchev–Trinajstić information content (AvgIpc) is 2.87. The number of nitrogens with zero attached hydrogens (tertiary/aromatic N) is 2. The molecule has 19 heavy (non-hydrogen) atoms. The average molecular weight is 311 g/mol. The lowest BCUT2D eigenvalue weighted by Crippen LogP contribution is -2.41. The number of amides is 1. The molecule has 1 aliphatic heterocycles. The zero-order chi connectivity index (χ0) is 12.3. The summed E-state index contributed by atoms with van der Waals surface area (Å²) in [5, 5.41) is 6.24. The molecule has 2 rings (SSSR count). The van der Waals surface area contributed by atoms with Gasteiger partial charge < -0.3 is 19.9 Å². The molecule has 1 saturated heterocycles. The normalized spacial score (nSPS) is 21.4. The first-order valence-corrected chi connectivity index (χ1v) is 5.68. The molecule has 1 aromatic rings. The Kier molecular flexibility index (Phi) is 8.01. The van der Waals surface area contributed by atoms with Gasteiger partial charge in [0.25, 0.3) is 0 Å². The first-order chi connectivity index (χ1) is 8.22. The summed E-state index contributed by atoms with van der Waals surface area (Å²) in [4.78, 5) is 15.8. The van der Waals surface area contributed by atoms with E-state index in [4.69, 9.17) is 4.74 Å². The number of carbonyl (C=O) groups is 1. The fourth-order valence-corrected chi connectivity index (χ4v) is 2.22. The molecule has 1 fully saturated rings. The third-order valence-corrected chi connectivity index (χ3v) is 3.03. The predicted octanol–water partition coefficient (Wildman–Crippen LogP) is 0.0817. The van der Waals surface area contributed by atoms with Crippen molar-refractivity contribution in [1.82, 2.24) is 20.2 Å². The molecule has 2 heterocycles. The first kappa shape index (κ1) is 18.2. The Morgan fingerprint density at radius 2 is 2.32 bits per heavy atom. The van der Waals surface area contributed by atoms with Crippen molar-refractivity contribution in [2.24, 2.45) is 7.05 Å². The van der Waals surface area contributed by atoms with Crippen LogP contribution in [0.15, 0.2) is 12.4 Å². The standard InChI is InChI=1S/C11H18N4O2.2ClH/c1-15-4-3-13-11(15)8-5-12-6-9(8)14-10(16)7-17-2;;/h3-4,8-9,12H,5-7H2,1-2H3,(H,14,16);2*1H/t8-,9-;;/m1../s1. The highest BCUT2D eigenvalue weighted by Crippen LogP contribution is 2.20. The number of hydrogen-bond acceptors (Lipinski definition) is 4. The Hall–Kier alpha value is -0.820. The minimum Gasteiger partial charge on any atom is -0.375 e. The van der Waals surface area contributed by atoms with Crippen LogP contribution in [0.2, 0.25) is 0 Å². The van der Waals surface area contributed by atoms with Crippen molar-refractivity contribution in [1.29, 1.82) is 0 Å². The van der Waals surface area contributed by atoms with E-state index in [2.05, 4.69) is 15.6 Å². The van der Waals surface area contributed by atoms with E-state index in [1.54, 1.807) is 6.20 Å². The molecule has 1 aromatic heterocycles. The van der Waals surface area contributed by atoms with E-state index in [0.29, 0.717) is 0 Å². The highest BCUT2D eigenvalue weighted by atomic mass is 35.5. The highest BCUT2D eigenvalue weighted by Gasteiger charge is 2.31. The van der Waals surface area contributed by atoms with Gasteiger partial charge in [-0.25, -0.2) is 4.98 Å². The molecule has 0 spiro atoms. The van der Waals surface area contributed by atoms with E-state index in [9.17, 15) is 4.79 Å². The first-order valence-electron chi connectivity index (χ1n) is 5.68. The Labute approximate surface area is 125 Å². The van der Waals surface area contributed by atoms with Gasteiger partial charge in [-0.05, 0) is 0 Å². The van der Waals surface area contributed by atoms with Gasteiger partial charge in [0.05, 0.1) is 12.0 Å². The molecular weight excluding hydrogens is 291 g/mol. The quantitative estimate of drug-likeness (QED) is 0.826. The lowest BCUT2D eigenvalue weighted by atomic mass is 10.0. The van der Waals surface area contributed by atoms with Gasteiger partial charge in [0.2, 0.25) is 5.91 Å². The van der Waals surface area contributed by atoms with E-state index < -0.39 is 0 Å². The largest absolute Gasteiger partial charge is 0.375 e. The fourth-order valence-electron chi connectivity index (χ4n) is 2.22. The van der Waals surface area contributed by atoms with Gasteiger partial charge in [-0.2, -0.15) is 0 Å². The van der Waals surface area contributed by atoms with E-state index in [1.165, 1.54) is 7.11 Å². The van der Waals surface area contributed by atoms with E-state index in [1.807, 2.05) is 17.8 Å². The van der Waals surface area contributed by atoms with Gasteiger partial charge in [-0.1, -0.05) is 0 Å². The number of methoxy groups -OCH3 is 1. The molecule has 0 radical (unpaired) electrons. The van der Waals surface area contributed by atoms with Crippen molar-refractivity contribution >= 4 is 30.7 Å². The summed E-state index contributed by atoms with van der Waals surface area (Å²) in [6.45, 7) is 1.71. The monoisotopic (exact) mass is 310 g/mol. The third kappa shape index (κ3) is 4.35. The zero-order valence-electron chi connectivity index (χ0n) is 11.0. The number of ether oxygens (including phenoxy) is 1. The van der Waals surface area contributed by atoms with Crippen molar-refractivity contribution < 1.29 is 9.53 Å². The second-order valence-electron chi connectivity index (χ2n) is 4.27. The number of carbonyl (C=O) groups excluding carboxylic acids is 1. The lowest BCUT2D eigenvalue weighted by Gasteiger charge is -2.19. The van der Waals surface area contributed by atoms with E-state index in [-0.39, 0.29) is 49.3 Å². The number of imidazole rings is 1. The summed E-state index contributed by atoms with van der Waals surface area (Å²) in [7, 11) is 3.48. The molecule has 6 nitrogen and oxygen atoms in total. The van der Waals surface area contributed by atoms with Crippen LogP contribution in [0.1, 0.15) is 11.7 Å². The molecule has 1 aliphatic rings. The summed E-state index contributed by atoms with van der Waals surface area (Å²) < 4.78 is 6.80. The van der Waals surface area contributed by atoms with Gasteiger partial charge in [0.15, 0.2) is 0 Å². The van der Waals surface area contributed by atoms with Crippen LogP contribution in [-0.4, -0.2) is 48.3 Å². The molecule has 1 amide bonds. The van der Waals surface area contributed by atoms with Crippen LogP contribution in [0.3, 0.4) is 0 Å². The molecule has 0 bridgehead atoms. The van der Waals surface area contributed by atoms with Crippen LogP contribution in [0.25, 0.3) is 0 Å². The maximum atomic E-state index is 11.5. The Bertz CT molecular complexity index is 400. The van der Waals surface area contributed by atoms with Crippen LogP contribution < -0.4 is 10.6 Å². The SMILES string of the molecule is COCC(=O)N[C@@H]1CNC[C@H]1c1nccn1C.Cl.Cl. The summed E-state index contributed by atoms with van der Waals surface area (Å²) >= 11 is 0. The van der Waals surface area contributed by atoms with Crippen molar-refractivity contribution in [3.8, 4) is 0 Å². The molecule has 0 saturated carbocycles. The number of rotatable bonds is 4. The second-order valence-corrected chi connectivity index (χ2v) is 4.27. The maximum absolute atomic E-state index is 11.5. The summed E-state index contributed by atoms with van der Waals surface area (Å²) in [5.41, 5.74) is 0. The van der Waals surface area contributed by atoms with Crippen LogP contribution in [0.5, 0.6) is 0 Å². The predicted molar refractivity (Wildman–Crippen MR) is 77.1 cm³/mol. The zero-order valence-corrected chi connectivity index (χ0v) is 12.6. The number of hydrogen-bond donors (Lipinski definition) is 2. The van der Waals surface area contributed by atoms with Crippen LogP contribution in [-0.2, 0) is 16.6 Å². The minimum absolute atomic E-state index is 0. The van der Waals surface area contributed by atoms with Gasteiger partial charge in [-0.3, -0.25) is 4.79 Å². The molecule has 2 N–H and O–H groups in total.